The third-order valence-electron chi connectivity index (χ3n) is 3.47. The van der Waals surface area contributed by atoms with E-state index in [1.165, 1.54) is 13.3 Å². The Morgan fingerprint density at radius 1 is 1.35 bits per heavy atom. The normalized spacial score (nSPS) is 12.0. The molecule has 2 aromatic carbocycles. The smallest absolute Gasteiger partial charge is 0.280 e. The van der Waals surface area contributed by atoms with Crippen LogP contribution in [-0.2, 0) is 4.79 Å². The van der Waals surface area contributed by atoms with Gasteiger partial charge in [-0.3, -0.25) is 4.79 Å². The fourth-order valence-corrected chi connectivity index (χ4v) is 2.76. The number of nitrogens with one attached hydrogen (secondary N) is 1. The molecule has 0 unspecified atom stereocenters. The number of phenols is 1. The second-order valence-electron chi connectivity index (χ2n) is 5.46. The van der Waals surface area contributed by atoms with Gasteiger partial charge in [0.1, 0.15) is 5.75 Å². The van der Waals surface area contributed by atoms with E-state index in [1.54, 1.807) is 37.3 Å². The predicted molar refractivity (Wildman–Crippen MR) is 104 cm³/mol. The summed E-state index contributed by atoms with van der Waals surface area (Å²) in [6, 6.07) is 8.40. The summed E-state index contributed by atoms with van der Waals surface area (Å²) in [6.45, 7) is 3.47. The van der Waals surface area contributed by atoms with Gasteiger partial charge < -0.3 is 14.6 Å². The standard InChI is InChI=1S/C18H18BrClN2O4/c1-10-6-13(20)4-5-15(10)26-11(2)18(24)22-21-9-12-7-14(19)17(23)16(8-12)25-3/h4-9,11,23H,1-3H3,(H,22,24)/b21-9-/t11-/m1/s1. The van der Waals surface area contributed by atoms with Gasteiger partial charge in [-0.15, -0.1) is 0 Å². The van der Waals surface area contributed by atoms with Crippen molar-refractivity contribution in [3.8, 4) is 17.2 Å². The molecule has 0 fully saturated rings. The Bertz CT molecular complexity index is 842. The van der Waals surface area contributed by atoms with Crippen molar-refractivity contribution in [2.75, 3.05) is 7.11 Å². The minimum atomic E-state index is -0.742. The molecule has 26 heavy (non-hydrogen) atoms. The van der Waals surface area contributed by atoms with E-state index < -0.39 is 12.0 Å². The molecular weight excluding hydrogens is 424 g/mol. The van der Waals surface area contributed by atoms with E-state index in [9.17, 15) is 9.90 Å². The highest BCUT2D eigenvalue weighted by Gasteiger charge is 2.15. The third kappa shape index (κ3) is 5.12. The van der Waals surface area contributed by atoms with Gasteiger partial charge in [0.15, 0.2) is 17.6 Å². The lowest BCUT2D eigenvalue weighted by Crippen LogP contribution is -2.33. The minimum Gasteiger partial charge on any atom is -0.503 e. The van der Waals surface area contributed by atoms with Crippen molar-refractivity contribution in [1.82, 2.24) is 5.43 Å². The molecule has 0 aliphatic carbocycles. The summed E-state index contributed by atoms with van der Waals surface area (Å²) in [7, 11) is 1.45. The highest BCUT2D eigenvalue weighted by Crippen LogP contribution is 2.34. The minimum absolute atomic E-state index is 0.00552. The van der Waals surface area contributed by atoms with Crippen LogP contribution in [0.4, 0.5) is 0 Å². The Balaban J connectivity index is 1.99. The number of hydrogen-bond donors (Lipinski definition) is 2. The van der Waals surface area contributed by atoms with Crippen LogP contribution in [0.25, 0.3) is 0 Å². The van der Waals surface area contributed by atoms with E-state index in [4.69, 9.17) is 21.1 Å². The van der Waals surface area contributed by atoms with Crippen molar-refractivity contribution in [1.29, 1.82) is 0 Å². The zero-order valence-corrected chi connectivity index (χ0v) is 16.8. The van der Waals surface area contributed by atoms with E-state index in [0.717, 1.165) is 5.56 Å². The maximum Gasteiger partial charge on any atom is 0.280 e. The van der Waals surface area contributed by atoms with Crippen LogP contribution >= 0.6 is 27.5 Å². The van der Waals surface area contributed by atoms with Crippen molar-refractivity contribution in [2.45, 2.75) is 20.0 Å². The van der Waals surface area contributed by atoms with E-state index in [0.29, 0.717) is 26.6 Å². The molecule has 2 aromatic rings. The monoisotopic (exact) mass is 440 g/mol. The van der Waals surface area contributed by atoms with E-state index in [-0.39, 0.29) is 5.75 Å². The zero-order chi connectivity index (χ0) is 19.3. The summed E-state index contributed by atoms with van der Waals surface area (Å²) >= 11 is 9.13. The average Bonchev–Trinajstić information content (AvgIpc) is 2.60. The predicted octanol–water partition coefficient (Wildman–Crippen LogP) is 4.04. The van der Waals surface area contributed by atoms with Crippen LogP contribution in [0.3, 0.4) is 0 Å². The molecule has 2 rings (SSSR count). The van der Waals surface area contributed by atoms with E-state index >= 15 is 0 Å². The summed E-state index contributed by atoms with van der Waals surface area (Å²) in [5, 5.41) is 14.3. The van der Waals surface area contributed by atoms with Gasteiger partial charge in [0.2, 0.25) is 0 Å². The van der Waals surface area contributed by atoms with Crippen molar-refractivity contribution < 1.29 is 19.4 Å². The molecule has 0 radical (unpaired) electrons. The number of ether oxygens (including phenoxy) is 2. The molecule has 1 amide bonds. The van der Waals surface area contributed by atoms with E-state index in [1.807, 2.05) is 6.92 Å². The van der Waals surface area contributed by atoms with Gasteiger partial charge in [-0.05, 0) is 71.2 Å². The zero-order valence-electron chi connectivity index (χ0n) is 14.4. The Morgan fingerprint density at radius 3 is 2.73 bits per heavy atom. The maximum atomic E-state index is 12.1. The first-order valence-corrected chi connectivity index (χ1v) is 8.81. The number of aromatic hydroxyl groups is 1. The molecule has 1 atom stereocenters. The van der Waals surface area contributed by atoms with Crippen LogP contribution in [0.15, 0.2) is 39.9 Å². The van der Waals surface area contributed by atoms with Gasteiger partial charge >= 0.3 is 0 Å². The largest absolute Gasteiger partial charge is 0.503 e. The van der Waals surface area contributed by atoms with Crippen LogP contribution in [-0.4, -0.2) is 30.4 Å². The fraction of sp³-hybridized carbons (Fsp3) is 0.222. The van der Waals surface area contributed by atoms with Crippen LogP contribution < -0.4 is 14.9 Å². The summed E-state index contributed by atoms with van der Waals surface area (Å²) in [4.78, 5) is 12.1. The number of benzene rings is 2. The van der Waals surface area contributed by atoms with Gasteiger partial charge in [0.25, 0.3) is 5.91 Å². The van der Waals surface area contributed by atoms with Crippen molar-refractivity contribution in [3.63, 3.8) is 0 Å². The number of rotatable bonds is 6. The van der Waals surface area contributed by atoms with Crippen LogP contribution in [0.1, 0.15) is 18.1 Å². The number of phenolic OH excluding ortho intramolecular Hbond substituents is 1. The first kappa shape index (κ1) is 20.1. The molecule has 6 nitrogen and oxygen atoms in total. The SMILES string of the molecule is COc1cc(/C=N\NC(=O)[C@@H](C)Oc2ccc(Cl)cc2C)cc(Br)c1O. The van der Waals surface area contributed by atoms with Gasteiger partial charge in [0.05, 0.1) is 17.8 Å². The number of nitrogens with zero attached hydrogens (tertiary/aromatic N) is 1. The number of hydrogen-bond acceptors (Lipinski definition) is 5. The van der Waals surface area contributed by atoms with Crippen molar-refractivity contribution >= 4 is 39.7 Å². The number of amides is 1. The lowest BCUT2D eigenvalue weighted by atomic mass is 10.2. The molecule has 0 spiro atoms. The second-order valence-corrected chi connectivity index (χ2v) is 6.75. The number of methoxy groups -OCH3 is 1. The summed E-state index contributed by atoms with van der Waals surface area (Å²) < 4.78 is 11.1. The van der Waals surface area contributed by atoms with Crippen LogP contribution in [0, 0.1) is 6.92 Å². The van der Waals surface area contributed by atoms with Crippen molar-refractivity contribution in [2.24, 2.45) is 5.10 Å². The molecule has 0 bridgehead atoms. The topological polar surface area (TPSA) is 80.2 Å². The highest BCUT2D eigenvalue weighted by molar-refractivity contribution is 9.10. The number of aryl methyl sites for hydroxylation is 1. The summed E-state index contributed by atoms with van der Waals surface area (Å²) in [5.41, 5.74) is 3.88. The molecule has 8 heteroatoms. The summed E-state index contributed by atoms with van der Waals surface area (Å²) in [6.07, 6.45) is 0.693. The van der Waals surface area contributed by atoms with Crippen LogP contribution in [0.5, 0.6) is 17.2 Å². The molecule has 0 aliphatic heterocycles. The van der Waals surface area contributed by atoms with Gasteiger partial charge in [0, 0.05) is 5.02 Å². The first-order valence-electron chi connectivity index (χ1n) is 7.64. The average molecular weight is 442 g/mol. The highest BCUT2D eigenvalue weighted by atomic mass is 79.9. The Kier molecular flexibility index (Phi) is 6.88. The number of carbonyl (C=O) groups excluding carboxylic acids is 1. The van der Waals surface area contributed by atoms with Crippen molar-refractivity contribution in [3.05, 3.63) is 51.0 Å². The molecule has 0 aromatic heterocycles. The fourth-order valence-electron chi connectivity index (χ4n) is 2.07. The third-order valence-corrected chi connectivity index (χ3v) is 4.31. The lowest BCUT2D eigenvalue weighted by molar-refractivity contribution is -0.127. The Labute approximate surface area is 164 Å². The molecule has 0 heterocycles. The first-order chi connectivity index (χ1) is 12.3. The molecule has 138 valence electrons. The number of carbonyl (C=O) groups is 1. The van der Waals surface area contributed by atoms with Gasteiger partial charge in [-0.1, -0.05) is 11.6 Å². The Hall–Kier alpha value is -2.25. The summed E-state index contributed by atoms with van der Waals surface area (Å²) in [5.74, 6) is 0.463. The quantitative estimate of drug-likeness (QED) is 0.524. The molecular formula is C18H18BrClN2O4. The van der Waals surface area contributed by atoms with Gasteiger partial charge in [-0.2, -0.15) is 5.10 Å². The molecule has 0 aliphatic rings. The van der Waals surface area contributed by atoms with E-state index in [2.05, 4.69) is 26.5 Å². The Morgan fingerprint density at radius 2 is 2.08 bits per heavy atom. The number of halogens is 2. The molecule has 0 saturated carbocycles. The van der Waals surface area contributed by atoms with Crippen LogP contribution in [0.2, 0.25) is 5.02 Å². The second kappa shape index (κ2) is 8.91. The van der Waals surface area contributed by atoms with Gasteiger partial charge in [-0.25, -0.2) is 5.43 Å². The molecule has 0 saturated heterocycles. The molecule has 2 N–H and O–H groups in total. The lowest BCUT2D eigenvalue weighted by Gasteiger charge is -2.15. The maximum absolute atomic E-state index is 12.1. The number of hydrazone groups is 1.